The smallest absolute Gasteiger partial charge is 0.248 e. The molecule has 2 atom stereocenters. The van der Waals surface area contributed by atoms with Gasteiger partial charge in [0.2, 0.25) is 5.56 Å². The van der Waals surface area contributed by atoms with E-state index in [0.717, 1.165) is 12.0 Å². The summed E-state index contributed by atoms with van der Waals surface area (Å²) in [6.45, 7) is 6.21. The molecule has 0 saturated carbocycles. The number of hydrogen-bond acceptors (Lipinski definition) is 3. The molecular weight excluding hydrogens is 268 g/mol. The van der Waals surface area contributed by atoms with E-state index in [1.807, 2.05) is 6.92 Å². The summed E-state index contributed by atoms with van der Waals surface area (Å²) < 4.78 is 0. The van der Waals surface area contributed by atoms with Crippen LogP contribution in [-0.4, -0.2) is 27.3 Å². The minimum Gasteiger partial charge on any atom is -0.506 e. The zero-order valence-electron chi connectivity index (χ0n) is 12.6. The van der Waals surface area contributed by atoms with Crippen LogP contribution in [0.25, 0.3) is 10.9 Å². The van der Waals surface area contributed by atoms with Gasteiger partial charge >= 0.3 is 0 Å². The molecule has 0 fully saturated rings. The van der Waals surface area contributed by atoms with E-state index in [4.69, 9.17) is 0 Å². The largest absolute Gasteiger partial charge is 0.506 e. The third-order valence-corrected chi connectivity index (χ3v) is 3.73. The molecule has 1 aromatic heterocycles. The maximum Gasteiger partial charge on any atom is 0.248 e. The number of fused-ring (bicyclic) bond motifs is 1. The van der Waals surface area contributed by atoms with Gasteiger partial charge in [0.25, 0.3) is 0 Å². The van der Waals surface area contributed by atoms with Crippen LogP contribution in [-0.2, 0) is 0 Å². The molecule has 114 valence electrons. The van der Waals surface area contributed by atoms with Gasteiger partial charge in [-0.3, -0.25) is 4.79 Å². The van der Waals surface area contributed by atoms with Crippen molar-refractivity contribution in [2.45, 2.75) is 45.4 Å². The highest BCUT2D eigenvalue weighted by molar-refractivity contribution is 5.87. The van der Waals surface area contributed by atoms with Crippen molar-refractivity contribution in [2.24, 2.45) is 0 Å². The van der Waals surface area contributed by atoms with E-state index in [9.17, 15) is 15.0 Å². The number of aromatic hydroxyl groups is 1. The van der Waals surface area contributed by atoms with Gasteiger partial charge < -0.3 is 20.5 Å². The van der Waals surface area contributed by atoms with Gasteiger partial charge in [0.05, 0.1) is 11.6 Å². The Labute approximate surface area is 123 Å². The number of phenolic OH excluding ortho intramolecular Hbond substituents is 1. The number of quaternary nitrogens is 1. The number of pyridine rings is 1. The first-order valence-corrected chi connectivity index (χ1v) is 7.32. The number of rotatable bonds is 5. The Kier molecular flexibility index (Phi) is 4.65. The lowest BCUT2D eigenvalue weighted by molar-refractivity contribution is -0.723. The minimum absolute atomic E-state index is 0.0135. The van der Waals surface area contributed by atoms with Crippen molar-refractivity contribution in [3.8, 4) is 5.75 Å². The predicted octanol–water partition coefficient (Wildman–Crippen LogP) is 1.02. The van der Waals surface area contributed by atoms with Crippen molar-refractivity contribution in [1.82, 2.24) is 4.98 Å². The fraction of sp³-hybridized carbons (Fsp3) is 0.438. The molecule has 2 aromatic rings. The molecule has 5 nitrogen and oxygen atoms in total. The average molecular weight is 291 g/mol. The van der Waals surface area contributed by atoms with Crippen LogP contribution >= 0.6 is 0 Å². The molecule has 0 spiro atoms. The Hall–Kier alpha value is -1.85. The fourth-order valence-electron chi connectivity index (χ4n) is 2.71. The summed E-state index contributed by atoms with van der Waals surface area (Å²) in [6.07, 6.45) is 0.164. The second kappa shape index (κ2) is 6.28. The normalized spacial score (nSPS) is 14.5. The number of phenols is 1. The first kappa shape index (κ1) is 15.5. The van der Waals surface area contributed by atoms with Crippen LogP contribution in [0.3, 0.4) is 0 Å². The van der Waals surface area contributed by atoms with Gasteiger partial charge in [0.1, 0.15) is 17.9 Å². The number of nitrogens with one attached hydrogen (secondary N) is 1. The third kappa shape index (κ3) is 3.25. The number of H-pyrrole nitrogens is 1. The summed E-state index contributed by atoms with van der Waals surface area (Å²) in [5.41, 5.74) is 0.825. The van der Waals surface area contributed by atoms with Crippen LogP contribution in [0, 0.1) is 0 Å². The van der Waals surface area contributed by atoms with E-state index in [0.29, 0.717) is 16.9 Å². The minimum atomic E-state index is -0.661. The van der Waals surface area contributed by atoms with Gasteiger partial charge in [-0.15, -0.1) is 0 Å². The Morgan fingerprint density at radius 1 is 1.24 bits per heavy atom. The van der Waals surface area contributed by atoms with Crippen LogP contribution < -0.4 is 10.9 Å². The fourth-order valence-corrected chi connectivity index (χ4v) is 2.71. The average Bonchev–Trinajstić information content (AvgIpc) is 2.45. The molecule has 0 bridgehead atoms. The highest BCUT2D eigenvalue weighted by Crippen LogP contribution is 2.30. The number of benzene rings is 1. The van der Waals surface area contributed by atoms with E-state index in [-0.39, 0.29) is 17.4 Å². The number of nitrogens with two attached hydrogens (primary N) is 1. The lowest BCUT2D eigenvalue weighted by atomic mass is 9.95. The second-order valence-corrected chi connectivity index (χ2v) is 5.74. The van der Waals surface area contributed by atoms with Crippen LogP contribution in [0.4, 0.5) is 0 Å². The van der Waals surface area contributed by atoms with E-state index in [2.05, 4.69) is 24.1 Å². The summed E-state index contributed by atoms with van der Waals surface area (Å²) in [6, 6.07) is 6.70. The lowest BCUT2D eigenvalue weighted by Gasteiger charge is -2.23. The second-order valence-electron chi connectivity index (χ2n) is 5.74. The van der Waals surface area contributed by atoms with E-state index in [1.165, 1.54) is 12.1 Å². The SMILES string of the molecule is CC[C@H]([NH2+]C(C)C)[C@@H](O)c1ccc(O)c2[nH]c(=O)ccc12. The summed E-state index contributed by atoms with van der Waals surface area (Å²) in [4.78, 5) is 14.0. The molecule has 5 N–H and O–H groups in total. The Morgan fingerprint density at radius 3 is 2.57 bits per heavy atom. The molecule has 2 rings (SSSR count). The number of aliphatic hydroxyl groups excluding tert-OH is 1. The summed E-state index contributed by atoms with van der Waals surface area (Å²) >= 11 is 0. The van der Waals surface area contributed by atoms with Gasteiger partial charge in [-0.05, 0) is 38.0 Å². The predicted molar refractivity (Wildman–Crippen MR) is 82.3 cm³/mol. The van der Waals surface area contributed by atoms with E-state index >= 15 is 0 Å². The van der Waals surface area contributed by atoms with Crippen LogP contribution in [0.15, 0.2) is 29.1 Å². The summed E-state index contributed by atoms with van der Waals surface area (Å²) in [7, 11) is 0. The van der Waals surface area contributed by atoms with Crippen molar-refractivity contribution < 1.29 is 15.5 Å². The molecule has 21 heavy (non-hydrogen) atoms. The first-order chi connectivity index (χ1) is 9.93. The van der Waals surface area contributed by atoms with Gasteiger partial charge in [-0.2, -0.15) is 0 Å². The number of hydrogen-bond donors (Lipinski definition) is 4. The van der Waals surface area contributed by atoms with Crippen LogP contribution in [0.5, 0.6) is 5.75 Å². The molecule has 0 aliphatic heterocycles. The standard InChI is InChI=1S/C16H22N2O3/c1-4-12(17-9(2)3)16(21)11-5-7-13(19)15-10(11)6-8-14(20)18-15/h5-9,12,16-17,19,21H,4H2,1-3H3,(H,18,20)/p+1/t12-,16-/m0/s1. The molecule has 5 heteroatoms. The Bertz CT molecular complexity index is 679. The summed E-state index contributed by atoms with van der Waals surface area (Å²) in [5, 5.41) is 23.4. The number of aromatic nitrogens is 1. The van der Waals surface area contributed by atoms with E-state index < -0.39 is 6.10 Å². The van der Waals surface area contributed by atoms with Gasteiger partial charge in [-0.25, -0.2) is 0 Å². The van der Waals surface area contributed by atoms with Crippen molar-refractivity contribution in [3.63, 3.8) is 0 Å². The highest BCUT2D eigenvalue weighted by Gasteiger charge is 2.25. The van der Waals surface area contributed by atoms with Gasteiger partial charge in [0.15, 0.2) is 0 Å². The first-order valence-electron chi connectivity index (χ1n) is 7.32. The van der Waals surface area contributed by atoms with Crippen molar-refractivity contribution in [2.75, 3.05) is 0 Å². The van der Waals surface area contributed by atoms with Crippen molar-refractivity contribution in [1.29, 1.82) is 0 Å². The summed E-state index contributed by atoms with van der Waals surface area (Å²) in [5.74, 6) is 0.0135. The monoisotopic (exact) mass is 291 g/mol. The molecule has 1 aromatic carbocycles. The molecular formula is C16H23N2O3+. The maximum atomic E-state index is 11.4. The maximum absolute atomic E-state index is 11.4. The number of aliphatic hydroxyl groups is 1. The molecule has 0 unspecified atom stereocenters. The van der Waals surface area contributed by atoms with Crippen molar-refractivity contribution >= 4 is 10.9 Å². The molecule has 0 aliphatic carbocycles. The highest BCUT2D eigenvalue weighted by atomic mass is 16.3. The zero-order valence-corrected chi connectivity index (χ0v) is 12.6. The topological polar surface area (TPSA) is 89.9 Å². The Morgan fingerprint density at radius 2 is 1.95 bits per heavy atom. The van der Waals surface area contributed by atoms with Crippen LogP contribution in [0.1, 0.15) is 38.9 Å². The van der Waals surface area contributed by atoms with Crippen molar-refractivity contribution in [3.05, 3.63) is 40.2 Å². The molecule has 0 saturated heterocycles. The molecule has 0 radical (unpaired) electrons. The molecule has 0 amide bonds. The lowest BCUT2D eigenvalue weighted by Crippen LogP contribution is -2.94. The van der Waals surface area contributed by atoms with E-state index in [1.54, 1.807) is 12.1 Å². The molecule has 0 aliphatic rings. The number of aromatic amines is 1. The van der Waals surface area contributed by atoms with Gasteiger partial charge in [-0.1, -0.05) is 13.0 Å². The Balaban J connectivity index is 2.50. The zero-order chi connectivity index (χ0) is 15.6. The van der Waals surface area contributed by atoms with Crippen LogP contribution in [0.2, 0.25) is 0 Å². The van der Waals surface area contributed by atoms with Gasteiger partial charge in [0, 0.05) is 11.5 Å². The molecule has 1 heterocycles. The quantitative estimate of drug-likeness (QED) is 0.663. The third-order valence-electron chi connectivity index (χ3n) is 3.73.